The van der Waals surface area contributed by atoms with Gasteiger partial charge >= 0.3 is 0 Å². The Bertz CT molecular complexity index is 561. The van der Waals surface area contributed by atoms with E-state index in [0.29, 0.717) is 18.1 Å². The van der Waals surface area contributed by atoms with Crippen LogP contribution >= 0.6 is 11.3 Å². The molecule has 0 N–H and O–H groups in total. The molecule has 4 nitrogen and oxygen atoms in total. The first kappa shape index (κ1) is 14.7. The number of carbonyl (C=O) groups excluding carboxylic acids is 1. The summed E-state index contributed by atoms with van der Waals surface area (Å²) < 4.78 is 0. The molecule has 5 heteroatoms. The normalized spacial score (nSPS) is 10.6. The van der Waals surface area contributed by atoms with Crippen LogP contribution in [0.25, 0.3) is 0 Å². The van der Waals surface area contributed by atoms with Crippen LogP contribution in [-0.2, 0) is 6.42 Å². The predicted octanol–water partition coefficient (Wildman–Crippen LogP) is 2.86. The highest BCUT2D eigenvalue weighted by molar-refractivity contribution is 7.13. The molecule has 106 valence electrons. The number of nitrogens with zero attached hydrogens (tertiary/aromatic N) is 3. The summed E-state index contributed by atoms with van der Waals surface area (Å²) in [6.45, 7) is 7.34. The number of rotatable bonds is 5. The largest absolute Gasteiger partial charge is 0.337 e. The van der Waals surface area contributed by atoms with Gasteiger partial charge in [-0.2, -0.15) is 0 Å². The van der Waals surface area contributed by atoms with Crippen LogP contribution < -0.4 is 0 Å². The van der Waals surface area contributed by atoms with Gasteiger partial charge < -0.3 is 4.90 Å². The number of likely N-dealkylation sites (N-methyl/N-ethyl adjacent to an activating group) is 1. The van der Waals surface area contributed by atoms with Crippen molar-refractivity contribution in [3.05, 3.63) is 45.7 Å². The lowest BCUT2D eigenvalue weighted by atomic mass is 10.2. The van der Waals surface area contributed by atoms with Gasteiger partial charge in [-0.25, -0.2) is 4.98 Å². The Kier molecular flexibility index (Phi) is 4.84. The molecule has 0 bridgehead atoms. The molecule has 0 aliphatic rings. The highest BCUT2D eigenvalue weighted by Gasteiger charge is 2.18. The second-order valence-corrected chi connectivity index (χ2v) is 5.85. The highest BCUT2D eigenvalue weighted by Crippen LogP contribution is 2.18. The van der Waals surface area contributed by atoms with Crippen molar-refractivity contribution in [3.8, 4) is 0 Å². The number of aromatic nitrogens is 2. The van der Waals surface area contributed by atoms with E-state index in [1.54, 1.807) is 12.4 Å². The predicted molar refractivity (Wildman–Crippen MR) is 81.1 cm³/mol. The summed E-state index contributed by atoms with van der Waals surface area (Å²) in [6.07, 6.45) is 4.40. The molecule has 0 saturated carbocycles. The highest BCUT2D eigenvalue weighted by atomic mass is 32.1. The number of carbonyl (C=O) groups is 1. The van der Waals surface area contributed by atoms with E-state index in [1.807, 2.05) is 37.8 Å². The molecule has 2 aromatic heterocycles. The van der Waals surface area contributed by atoms with Crippen molar-refractivity contribution in [3.63, 3.8) is 0 Å². The smallest absolute Gasteiger partial charge is 0.282 e. The molecule has 0 aliphatic carbocycles. The lowest BCUT2D eigenvalue weighted by Crippen LogP contribution is -2.32. The average Bonchev–Trinajstić information content (AvgIpc) is 2.80. The van der Waals surface area contributed by atoms with Crippen molar-refractivity contribution >= 4 is 17.2 Å². The van der Waals surface area contributed by atoms with Crippen LogP contribution in [0, 0.1) is 13.8 Å². The molecular formula is C15H19N3OS. The first-order chi connectivity index (χ1) is 9.61. The second-order valence-electron chi connectivity index (χ2n) is 4.65. The minimum Gasteiger partial charge on any atom is -0.337 e. The van der Waals surface area contributed by atoms with Crippen molar-refractivity contribution < 1.29 is 4.79 Å². The van der Waals surface area contributed by atoms with Crippen molar-refractivity contribution in [2.24, 2.45) is 0 Å². The summed E-state index contributed by atoms with van der Waals surface area (Å²) in [6, 6.07) is 3.96. The van der Waals surface area contributed by atoms with E-state index in [1.165, 1.54) is 16.9 Å². The third kappa shape index (κ3) is 3.42. The van der Waals surface area contributed by atoms with Crippen LogP contribution in [0.4, 0.5) is 0 Å². The number of hydrogen-bond acceptors (Lipinski definition) is 4. The monoisotopic (exact) mass is 289 g/mol. The maximum absolute atomic E-state index is 12.4. The SMILES string of the molecule is CCN(CCc1ccncc1)C(=O)c1nc(C)c(C)s1. The quantitative estimate of drug-likeness (QED) is 0.850. The number of pyridine rings is 1. The van der Waals surface area contributed by atoms with Crippen LogP contribution in [-0.4, -0.2) is 33.9 Å². The van der Waals surface area contributed by atoms with Gasteiger partial charge in [-0.05, 0) is 44.9 Å². The summed E-state index contributed by atoms with van der Waals surface area (Å²) in [5.41, 5.74) is 2.14. The molecule has 0 atom stereocenters. The first-order valence-electron chi connectivity index (χ1n) is 6.74. The van der Waals surface area contributed by atoms with Gasteiger partial charge in [0.1, 0.15) is 0 Å². The number of amides is 1. The lowest BCUT2D eigenvalue weighted by Gasteiger charge is -2.19. The van der Waals surface area contributed by atoms with E-state index < -0.39 is 0 Å². The number of hydrogen-bond donors (Lipinski definition) is 0. The van der Waals surface area contributed by atoms with Crippen molar-refractivity contribution in [1.82, 2.24) is 14.9 Å². The van der Waals surface area contributed by atoms with E-state index in [4.69, 9.17) is 0 Å². The molecule has 0 aromatic carbocycles. The van der Waals surface area contributed by atoms with Crippen molar-refractivity contribution in [2.45, 2.75) is 27.2 Å². The second kappa shape index (κ2) is 6.61. The molecule has 0 unspecified atom stereocenters. The zero-order valence-corrected chi connectivity index (χ0v) is 12.9. The Morgan fingerprint density at radius 1 is 1.30 bits per heavy atom. The molecule has 0 spiro atoms. The van der Waals surface area contributed by atoms with Crippen LogP contribution in [0.2, 0.25) is 0 Å². The average molecular weight is 289 g/mol. The molecule has 20 heavy (non-hydrogen) atoms. The molecule has 2 heterocycles. The van der Waals surface area contributed by atoms with Gasteiger partial charge in [-0.1, -0.05) is 0 Å². The number of thiazole rings is 1. The Morgan fingerprint density at radius 3 is 2.55 bits per heavy atom. The lowest BCUT2D eigenvalue weighted by molar-refractivity contribution is 0.0765. The third-order valence-electron chi connectivity index (χ3n) is 3.30. The van der Waals surface area contributed by atoms with E-state index in [9.17, 15) is 4.79 Å². The fourth-order valence-electron chi connectivity index (χ4n) is 1.92. The van der Waals surface area contributed by atoms with Crippen molar-refractivity contribution in [2.75, 3.05) is 13.1 Å². The van der Waals surface area contributed by atoms with E-state index in [2.05, 4.69) is 9.97 Å². The van der Waals surface area contributed by atoms with Gasteiger partial charge in [0, 0.05) is 30.4 Å². The van der Waals surface area contributed by atoms with Gasteiger partial charge in [-0.3, -0.25) is 9.78 Å². The Labute approximate surface area is 123 Å². The van der Waals surface area contributed by atoms with Gasteiger partial charge in [0.15, 0.2) is 5.01 Å². The fraction of sp³-hybridized carbons (Fsp3) is 0.400. The topological polar surface area (TPSA) is 46.1 Å². The van der Waals surface area contributed by atoms with Crippen LogP contribution in [0.1, 0.15) is 32.9 Å². The third-order valence-corrected chi connectivity index (χ3v) is 4.36. The molecule has 0 fully saturated rings. The summed E-state index contributed by atoms with van der Waals surface area (Å²) >= 11 is 1.48. The number of aryl methyl sites for hydroxylation is 2. The molecule has 0 aliphatic heterocycles. The molecule has 0 radical (unpaired) electrons. The van der Waals surface area contributed by atoms with Gasteiger partial charge in [0.2, 0.25) is 0 Å². The standard InChI is InChI=1S/C15H19N3OS/c1-4-18(10-7-13-5-8-16-9-6-13)15(19)14-17-11(2)12(3)20-14/h5-6,8-9H,4,7,10H2,1-3H3. The Morgan fingerprint density at radius 2 is 2.00 bits per heavy atom. The molecule has 0 saturated heterocycles. The zero-order chi connectivity index (χ0) is 14.5. The Hall–Kier alpha value is -1.75. The van der Waals surface area contributed by atoms with E-state index in [-0.39, 0.29) is 5.91 Å². The van der Waals surface area contributed by atoms with Gasteiger partial charge in [0.25, 0.3) is 5.91 Å². The fourth-order valence-corrected chi connectivity index (χ4v) is 2.80. The Balaban J connectivity index is 2.02. The van der Waals surface area contributed by atoms with Crippen LogP contribution in [0.15, 0.2) is 24.5 Å². The van der Waals surface area contributed by atoms with Crippen molar-refractivity contribution in [1.29, 1.82) is 0 Å². The summed E-state index contributed by atoms with van der Waals surface area (Å²) in [5, 5.41) is 0.594. The minimum absolute atomic E-state index is 0.0303. The molecular weight excluding hydrogens is 270 g/mol. The minimum atomic E-state index is 0.0303. The molecule has 1 amide bonds. The van der Waals surface area contributed by atoms with Crippen LogP contribution in [0.3, 0.4) is 0 Å². The summed E-state index contributed by atoms with van der Waals surface area (Å²) in [7, 11) is 0. The molecule has 2 aromatic rings. The summed E-state index contributed by atoms with van der Waals surface area (Å²) in [4.78, 5) is 23.7. The van der Waals surface area contributed by atoms with Gasteiger partial charge in [-0.15, -0.1) is 11.3 Å². The van der Waals surface area contributed by atoms with E-state index in [0.717, 1.165) is 17.0 Å². The first-order valence-corrected chi connectivity index (χ1v) is 7.55. The maximum atomic E-state index is 12.4. The van der Waals surface area contributed by atoms with Crippen LogP contribution in [0.5, 0.6) is 0 Å². The van der Waals surface area contributed by atoms with Gasteiger partial charge in [0.05, 0.1) is 5.69 Å². The maximum Gasteiger partial charge on any atom is 0.282 e. The van der Waals surface area contributed by atoms with E-state index >= 15 is 0 Å². The zero-order valence-electron chi connectivity index (χ0n) is 12.1. The molecule has 2 rings (SSSR count). The summed E-state index contributed by atoms with van der Waals surface area (Å²) in [5.74, 6) is 0.0303.